The summed E-state index contributed by atoms with van der Waals surface area (Å²) in [5.41, 5.74) is 1.61. The summed E-state index contributed by atoms with van der Waals surface area (Å²) < 4.78 is 20.3. The number of rotatable bonds is 7. The van der Waals surface area contributed by atoms with Crippen LogP contribution in [0.15, 0.2) is 83.4 Å². The fourth-order valence-electron chi connectivity index (χ4n) is 4.30. The summed E-state index contributed by atoms with van der Waals surface area (Å²) in [6.07, 6.45) is 1.79. The third-order valence-electron chi connectivity index (χ3n) is 6.04. The molecule has 0 spiro atoms. The predicted molar refractivity (Wildman–Crippen MR) is 146 cm³/mol. The number of anilines is 1. The van der Waals surface area contributed by atoms with Crippen molar-refractivity contribution in [2.24, 2.45) is 0 Å². The van der Waals surface area contributed by atoms with Crippen LogP contribution < -0.4 is 10.6 Å². The van der Waals surface area contributed by atoms with Gasteiger partial charge in [0.05, 0.1) is 22.4 Å². The Hall–Kier alpha value is -3.46. The molecule has 2 atom stereocenters. The summed E-state index contributed by atoms with van der Waals surface area (Å²) in [6.45, 7) is 0.276. The van der Waals surface area contributed by atoms with Gasteiger partial charge >= 0.3 is 0 Å². The Kier molecular flexibility index (Phi) is 7.41. The van der Waals surface area contributed by atoms with Crippen LogP contribution in [0.4, 0.5) is 10.1 Å². The number of carbonyl (C=O) groups excluding carboxylic acids is 1. The number of hydrogen-bond donors (Lipinski definition) is 2. The molecular formula is C27H21Cl2FN4O2S. The molecule has 0 aliphatic carbocycles. The number of pyridine rings is 1. The molecule has 37 heavy (non-hydrogen) atoms. The molecule has 2 aromatic carbocycles. The molecule has 3 heterocycles. The van der Waals surface area contributed by atoms with Gasteiger partial charge in [-0.1, -0.05) is 41.4 Å². The van der Waals surface area contributed by atoms with Gasteiger partial charge in [0.25, 0.3) is 0 Å². The lowest BCUT2D eigenvalue weighted by molar-refractivity contribution is -0.116. The number of furan rings is 1. The fourth-order valence-corrected chi connectivity index (χ4v) is 5.13. The molecule has 0 saturated carbocycles. The normalized spacial score (nSPS) is 17.1. The van der Waals surface area contributed by atoms with E-state index in [1.165, 1.54) is 12.1 Å². The predicted octanol–water partition coefficient (Wildman–Crippen LogP) is 6.79. The number of benzene rings is 2. The highest BCUT2D eigenvalue weighted by Crippen LogP contribution is 2.41. The highest BCUT2D eigenvalue weighted by Gasteiger charge is 2.41. The van der Waals surface area contributed by atoms with Gasteiger partial charge in [-0.2, -0.15) is 0 Å². The largest absolute Gasteiger partial charge is 0.459 e. The van der Waals surface area contributed by atoms with Gasteiger partial charge in [0.1, 0.15) is 23.4 Å². The molecule has 6 nitrogen and oxygen atoms in total. The van der Waals surface area contributed by atoms with Crippen molar-refractivity contribution in [3.8, 4) is 11.3 Å². The quantitative estimate of drug-likeness (QED) is 0.245. The summed E-state index contributed by atoms with van der Waals surface area (Å²) >= 11 is 18.1. The number of para-hydroxylation sites is 1. The van der Waals surface area contributed by atoms with Crippen LogP contribution in [0.2, 0.25) is 10.0 Å². The van der Waals surface area contributed by atoms with Gasteiger partial charge in [0.2, 0.25) is 5.91 Å². The maximum absolute atomic E-state index is 14.0. The Bertz CT molecular complexity index is 1450. The second-order valence-corrected chi connectivity index (χ2v) is 9.65. The zero-order valence-electron chi connectivity index (χ0n) is 19.3. The minimum Gasteiger partial charge on any atom is -0.459 e. The fraction of sp³-hybridized carbons (Fsp3) is 0.148. The van der Waals surface area contributed by atoms with E-state index in [1.54, 1.807) is 36.5 Å². The first-order valence-electron chi connectivity index (χ1n) is 11.5. The molecule has 2 aromatic heterocycles. The Balaban J connectivity index is 1.42. The number of thiocarbonyl (C=S) groups is 1. The number of aromatic nitrogens is 1. The van der Waals surface area contributed by atoms with E-state index in [0.29, 0.717) is 32.2 Å². The van der Waals surface area contributed by atoms with Crippen molar-refractivity contribution in [2.45, 2.75) is 18.5 Å². The highest BCUT2D eigenvalue weighted by atomic mass is 35.5. The van der Waals surface area contributed by atoms with E-state index in [-0.39, 0.29) is 36.6 Å². The Morgan fingerprint density at radius 1 is 1.11 bits per heavy atom. The maximum atomic E-state index is 14.0. The smallest absolute Gasteiger partial charge is 0.226 e. The number of amides is 1. The lowest BCUT2D eigenvalue weighted by Gasteiger charge is -2.25. The zero-order valence-corrected chi connectivity index (χ0v) is 21.7. The van der Waals surface area contributed by atoms with Crippen molar-refractivity contribution in [3.63, 3.8) is 0 Å². The Labute approximate surface area is 228 Å². The number of hydrogen-bond acceptors (Lipinski definition) is 4. The SMILES string of the molecule is O=C(CCN1C(=S)N[C@H](c2ccccn2)[C@@H]1c1ccc(-c2ccc(Cl)cc2Cl)o1)Nc1ccccc1F. The molecule has 10 heteroatoms. The van der Waals surface area contributed by atoms with Crippen LogP contribution in [0, 0.1) is 5.82 Å². The van der Waals surface area contributed by atoms with Gasteiger partial charge < -0.3 is 20.0 Å². The number of carbonyl (C=O) groups is 1. The minimum atomic E-state index is -0.494. The first kappa shape index (κ1) is 25.2. The molecule has 0 radical (unpaired) electrons. The van der Waals surface area contributed by atoms with E-state index in [9.17, 15) is 9.18 Å². The molecular weight excluding hydrogens is 534 g/mol. The van der Waals surface area contributed by atoms with Crippen molar-refractivity contribution in [2.75, 3.05) is 11.9 Å². The van der Waals surface area contributed by atoms with Crippen molar-refractivity contribution >= 4 is 52.1 Å². The summed E-state index contributed by atoms with van der Waals surface area (Å²) in [7, 11) is 0. The van der Waals surface area contributed by atoms with Crippen LogP contribution >= 0.6 is 35.4 Å². The Morgan fingerprint density at radius 3 is 2.68 bits per heavy atom. The standard InChI is InChI=1S/C27H21Cl2FN4O2S/c28-16-8-9-17(18(29)15-16)22-10-11-23(36-22)26-25(21-7-3-4-13-31-21)33-27(37)34(26)14-12-24(35)32-20-6-2-1-5-19(20)30/h1-11,13,15,25-26H,12,14H2,(H,32,35)(H,33,37)/t25-,26+/m1/s1. The van der Waals surface area contributed by atoms with Gasteiger partial charge in [0, 0.05) is 29.7 Å². The van der Waals surface area contributed by atoms with Crippen LogP contribution in [-0.4, -0.2) is 27.4 Å². The average molecular weight is 555 g/mol. The molecule has 1 fully saturated rings. The number of nitrogens with one attached hydrogen (secondary N) is 2. The summed E-state index contributed by atoms with van der Waals surface area (Å²) in [5.74, 6) is 0.373. The second kappa shape index (κ2) is 10.9. The van der Waals surface area contributed by atoms with Crippen LogP contribution in [0.5, 0.6) is 0 Å². The molecule has 1 amide bonds. The molecule has 0 bridgehead atoms. The van der Waals surface area contributed by atoms with Crippen molar-refractivity contribution < 1.29 is 13.6 Å². The van der Waals surface area contributed by atoms with Gasteiger partial charge in [-0.05, 0) is 66.8 Å². The monoisotopic (exact) mass is 554 g/mol. The first-order valence-corrected chi connectivity index (χ1v) is 12.6. The summed E-state index contributed by atoms with van der Waals surface area (Å²) in [6, 6.07) is 19.9. The molecule has 1 saturated heterocycles. The molecule has 4 aromatic rings. The summed E-state index contributed by atoms with van der Waals surface area (Å²) in [5, 5.41) is 7.39. The molecule has 1 aliphatic heterocycles. The average Bonchev–Trinajstić information content (AvgIpc) is 3.49. The maximum Gasteiger partial charge on any atom is 0.226 e. The third kappa shape index (κ3) is 5.46. The topological polar surface area (TPSA) is 70.4 Å². The van der Waals surface area contributed by atoms with Crippen LogP contribution in [-0.2, 0) is 4.79 Å². The number of nitrogens with zero attached hydrogens (tertiary/aromatic N) is 2. The van der Waals surface area contributed by atoms with E-state index in [2.05, 4.69) is 15.6 Å². The van der Waals surface area contributed by atoms with Crippen LogP contribution in [0.25, 0.3) is 11.3 Å². The van der Waals surface area contributed by atoms with Crippen LogP contribution in [0.1, 0.15) is 30.0 Å². The lowest BCUT2D eigenvalue weighted by atomic mass is 10.0. The van der Waals surface area contributed by atoms with Gasteiger partial charge in [0.15, 0.2) is 5.11 Å². The number of halogens is 3. The van der Waals surface area contributed by atoms with Crippen molar-refractivity contribution in [3.05, 3.63) is 106 Å². The van der Waals surface area contributed by atoms with Gasteiger partial charge in [-0.3, -0.25) is 9.78 Å². The molecule has 2 N–H and O–H groups in total. The second-order valence-electron chi connectivity index (χ2n) is 8.42. The summed E-state index contributed by atoms with van der Waals surface area (Å²) in [4.78, 5) is 19.0. The van der Waals surface area contributed by atoms with Crippen molar-refractivity contribution in [1.82, 2.24) is 15.2 Å². The molecule has 0 unspecified atom stereocenters. The van der Waals surface area contributed by atoms with E-state index >= 15 is 0 Å². The lowest BCUT2D eigenvalue weighted by Crippen LogP contribution is -2.32. The Morgan fingerprint density at radius 2 is 1.92 bits per heavy atom. The molecule has 1 aliphatic rings. The van der Waals surface area contributed by atoms with E-state index in [4.69, 9.17) is 39.8 Å². The van der Waals surface area contributed by atoms with Gasteiger partial charge in [-0.25, -0.2) is 4.39 Å². The van der Waals surface area contributed by atoms with Gasteiger partial charge in [-0.15, -0.1) is 0 Å². The zero-order chi connectivity index (χ0) is 25.9. The van der Waals surface area contributed by atoms with E-state index < -0.39 is 5.82 Å². The third-order valence-corrected chi connectivity index (χ3v) is 6.94. The van der Waals surface area contributed by atoms with Crippen LogP contribution in [0.3, 0.4) is 0 Å². The molecule has 188 valence electrons. The van der Waals surface area contributed by atoms with Crippen molar-refractivity contribution in [1.29, 1.82) is 0 Å². The highest BCUT2D eigenvalue weighted by molar-refractivity contribution is 7.80. The minimum absolute atomic E-state index is 0.0815. The van der Waals surface area contributed by atoms with E-state index in [0.717, 1.165) is 5.69 Å². The molecule has 5 rings (SSSR count). The first-order chi connectivity index (χ1) is 17.9. The van der Waals surface area contributed by atoms with E-state index in [1.807, 2.05) is 35.2 Å².